The van der Waals surface area contributed by atoms with E-state index in [0.717, 1.165) is 0 Å². The molecule has 0 aromatic carbocycles. The molecular weight excluding hydrogens is 360 g/mol. The Morgan fingerprint density at radius 3 is 1.83 bits per heavy atom. The summed E-state index contributed by atoms with van der Waals surface area (Å²) < 4.78 is 23.6. The minimum absolute atomic E-state index is 0.152. The fraction of sp³-hybridized carbons (Fsp3) is 0.800. The monoisotopic (exact) mass is 392 g/mol. The van der Waals surface area contributed by atoms with Crippen LogP contribution in [0.25, 0.3) is 0 Å². The molecule has 0 fully saturated rings. The van der Waals surface area contributed by atoms with E-state index < -0.39 is 43.1 Å². The van der Waals surface area contributed by atoms with Gasteiger partial charge in [-0.3, -0.25) is 0 Å². The van der Waals surface area contributed by atoms with Crippen LogP contribution in [-0.2, 0) is 22.8 Å². The zero-order valence-corrected chi connectivity index (χ0v) is 19.4. The van der Waals surface area contributed by atoms with Gasteiger partial charge in [-0.2, -0.15) is 0 Å². The number of aliphatic hydroxyl groups excluding tert-OH is 1. The van der Waals surface area contributed by atoms with E-state index in [2.05, 4.69) is 0 Å². The summed E-state index contributed by atoms with van der Waals surface area (Å²) in [6.07, 6.45) is -1.40. The van der Waals surface area contributed by atoms with Crippen molar-refractivity contribution in [3.8, 4) is 0 Å². The molecule has 9 heteroatoms. The summed E-state index contributed by atoms with van der Waals surface area (Å²) in [5.74, 6) is 0.00594. The Balaban J connectivity index is 3.25. The van der Waals surface area contributed by atoms with Crippen LogP contribution in [0.4, 0.5) is 0 Å². The first kappa shape index (κ1) is 21.4. The van der Waals surface area contributed by atoms with Crippen molar-refractivity contribution in [3.63, 3.8) is 0 Å². The number of aliphatic hydroxyl groups is 1. The van der Waals surface area contributed by atoms with E-state index in [1.165, 1.54) is 0 Å². The van der Waals surface area contributed by atoms with Gasteiger partial charge in [0.1, 0.15) is 6.10 Å². The summed E-state index contributed by atoms with van der Waals surface area (Å²) in [5, 5.41) is 9.78. The summed E-state index contributed by atoms with van der Waals surface area (Å²) in [6, 6.07) is 0. The minimum Gasteiger partial charge on any atom is -0.542 e. The molecule has 0 unspecified atom stereocenters. The number of ether oxygens (including phenoxy) is 1. The molecule has 6 nitrogen and oxygen atoms in total. The third kappa shape index (κ3) is 6.71. The Labute approximate surface area is 148 Å². The van der Waals surface area contributed by atoms with E-state index in [1.807, 2.05) is 58.9 Å². The van der Waals surface area contributed by atoms with E-state index in [1.54, 1.807) is 0 Å². The molecule has 1 rings (SSSR count). The zero-order valence-electron chi connectivity index (χ0n) is 16.4. The minimum atomic E-state index is -2.02. The van der Waals surface area contributed by atoms with Crippen LogP contribution in [0.3, 0.4) is 0 Å². The average Bonchev–Trinajstić information content (AvgIpc) is 2.60. The van der Waals surface area contributed by atoms with Gasteiger partial charge in [0.2, 0.25) is 22.4 Å². The van der Waals surface area contributed by atoms with Crippen LogP contribution < -0.4 is 0 Å². The molecule has 0 bridgehead atoms. The third-order valence-corrected chi connectivity index (χ3v) is 5.41. The lowest BCUT2D eigenvalue weighted by Gasteiger charge is -2.31. The van der Waals surface area contributed by atoms with Gasteiger partial charge in [-0.05, 0) is 58.9 Å². The molecule has 140 valence electrons. The van der Waals surface area contributed by atoms with E-state index in [9.17, 15) is 9.90 Å². The van der Waals surface area contributed by atoms with Crippen molar-refractivity contribution >= 4 is 30.9 Å². The van der Waals surface area contributed by atoms with Crippen LogP contribution in [0.2, 0.25) is 58.9 Å². The molecule has 0 aromatic rings. The Morgan fingerprint density at radius 2 is 1.46 bits per heavy atom. The molecule has 0 radical (unpaired) electrons. The predicted molar refractivity (Wildman–Crippen MR) is 101 cm³/mol. The molecule has 24 heavy (non-hydrogen) atoms. The first-order valence-electron chi connectivity index (χ1n) is 8.25. The first-order valence-corrected chi connectivity index (χ1v) is 18.5. The number of esters is 1. The second-order valence-electron chi connectivity index (χ2n) is 8.90. The molecule has 1 N–H and O–H groups in total. The van der Waals surface area contributed by atoms with Gasteiger partial charge in [0.25, 0.3) is 0 Å². The molecule has 1 aliphatic rings. The lowest BCUT2D eigenvalue weighted by atomic mass is 10.2. The number of carbonyl (C=O) groups is 1. The number of rotatable bonds is 8. The Morgan fingerprint density at radius 1 is 0.958 bits per heavy atom. The SMILES string of the molecule is C[Si](C)(C)OC1=C(O[Si](C)(C)C)[C@@H]([C@H](CO)O[Si](C)(C)C)OC1=O. The molecule has 1 aliphatic heterocycles. The molecule has 0 spiro atoms. The summed E-state index contributed by atoms with van der Waals surface area (Å²) in [6.45, 7) is 17.9. The van der Waals surface area contributed by atoms with E-state index in [4.69, 9.17) is 18.0 Å². The van der Waals surface area contributed by atoms with Crippen molar-refractivity contribution in [3.05, 3.63) is 11.5 Å². The second-order valence-corrected chi connectivity index (χ2v) is 22.2. The van der Waals surface area contributed by atoms with Crippen LogP contribution in [0, 0.1) is 0 Å². The highest BCUT2D eigenvalue weighted by molar-refractivity contribution is 6.71. The van der Waals surface area contributed by atoms with Gasteiger partial charge in [-0.1, -0.05) is 0 Å². The van der Waals surface area contributed by atoms with Crippen molar-refractivity contribution in [2.75, 3.05) is 6.61 Å². The number of hydrogen-bond donors (Lipinski definition) is 1. The fourth-order valence-corrected chi connectivity index (χ4v) is 4.95. The van der Waals surface area contributed by atoms with Gasteiger partial charge in [-0.25, -0.2) is 4.79 Å². The van der Waals surface area contributed by atoms with Crippen LogP contribution in [-0.4, -0.2) is 54.8 Å². The van der Waals surface area contributed by atoms with Crippen molar-refractivity contribution in [2.24, 2.45) is 0 Å². The number of hydrogen-bond acceptors (Lipinski definition) is 6. The van der Waals surface area contributed by atoms with Crippen LogP contribution >= 0.6 is 0 Å². The van der Waals surface area contributed by atoms with Gasteiger partial charge >= 0.3 is 5.97 Å². The highest BCUT2D eigenvalue weighted by Gasteiger charge is 2.46. The van der Waals surface area contributed by atoms with E-state index in [-0.39, 0.29) is 12.4 Å². The molecule has 0 aromatic heterocycles. The molecule has 0 aliphatic carbocycles. The van der Waals surface area contributed by atoms with Gasteiger partial charge in [-0.15, -0.1) is 0 Å². The maximum atomic E-state index is 12.4. The van der Waals surface area contributed by atoms with E-state index in [0.29, 0.717) is 5.76 Å². The Kier molecular flexibility index (Phi) is 6.54. The maximum absolute atomic E-state index is 12.4. The second kappa shape index (κ2) is 7.32. The van der Waals surface area contributed by atoms with Gasteiger partial charge < -0.3 is 23.1 Å². The van der Waals surface area contributed by atoms with Gasteiger partial charge in [0.05, 0.1) is 6.61 Å². The topological polar surface area (TPSA) is 74.2 Å². The molecule has 0 amide bonds. The van der Waals surface area contributed by atoms with E-state index >= 15 is 0 Å². The maximum Gasteiger partial charge on any atom is 0.376 e. The molecule has 1 heterocycles. The highest BCUT2D eigenvalue weighted by atomic mass is 28.4. The van der Waals surface area contributed by atoms with Crippen molar-refractivity contribution in [2.45, 2.75) is 71.1 Å². The summed E-state index contributed by atoms with van der Waals surface area (Å²) in [7, 11) is -5.97. The Bertz CT molecular complexity index is 499. The average molecular weight is 393 g/mol. The number of cyclic esters (lactones) is 1. The predicted octanol–water partition coefficient (Wildman–Crippen LogP) is 3.04. The Hall–Kier alpha value is -0.619. The normalized spacial score (nSPS) is 20.9. The molecule has 0 saturated carbocycles. The smallest absolute Gasteiger partial charge is 0.376 e. The van der Waals surface area contributed by atoms with Crippen molar-refractivity contribution in [1.29, 1.82) is 0 Å². The fourth-order valence-electron chi connectivity index (χ4n) is 2.18. The van der Waals surface area contributed by atoms with Crippen LogP contribution in [0.1, 0.15) is 0 Å². The first-order chi connectivity index (χ1) is 10.6. The van der Waals surface area contributed by atoms with Gasteiger partial charge in [0.15, 0.2) is 20.2 Å². The van der Waals surface area contributed by atoms with Crippen molar-refractivity contribution < 1.29 is 27.9 Å². The van der Waals surface area contributed by atoms with Gasteiger partial charge in [0, 0.05) is 0 Å². The van der Waals surface area contributed by atoms with Crippen molar-refractivity contribution in [1.82, 2.24) is 0 Å². The highest BCUT2D eigenvalue weighted by Crippen LogP contribution is 2.33. The number of carbonyl (C=O) groups excluding carboxylic acids is 1. The summed E-state index contributed by atoms with van der Waals surface area (Å²) in [4.78, 5) is 12.4. The molecular formula is C15H32O6Si3. The standard InChI is InChI=1S/C15H32O6Si3/c1-22(2,3)19-11(10-16)12-13(20-23(4,5)6)14(15(17)18-12)21-24(7,8)9/h11-12,16H,10H2,1-9H3/t11-,12+/m0/s1. The largest absolute Gasteiger partial charge is 0.542 e. The van der Waals surface area contributed by atoms with Crippen LogP contribution in [0.15, 0.2) is 11.5 Å². The quantitative estimate of drug-likeness (QED) is 0.505. The zero-order chi connectivity index (χ0) is 18.9. The summed E-state index contributed by atoms with van der Waals surface area (Å²) in [5.41, 5.74) is 0. The lowest BCUT2D eigenvalue weighted by molar-refractivity contribution is -0.146. The lowest BCUT2D eigenvalue weighted by Crippen LogP contribution is -2.44. The van der Waals surface area contributed by atoms with Crippen LogP contribution in [0.5, 0.6) is 0 Å². The summed E-state index contributed by atoms with van der Waals surface area (Å²) >= 11 is 0. The molecule has 2 atom stereocenters. The molecule has 0 saturated heterocycles. The third-order valence-electron chi connectivity index (χ3n) is 2.75.